The Kier molecular flexibility index (Phi) is 4.93. The number of hydrogen-bond donors (Lipinski definition) is 1. The molecule has 0 aliphatic heterocycles. The molecule has 0 fully saturated rings. The van der Waals surface area contributed by atoms with E-state index in [-0.39, 0.29) is 12.6 Å². The molecule has 106 valence electrons. The third-order valence-electron chi connectivity index (χ3n) is 2.92. The standard InChI is InChI=1S/C15H14ClF2NO/c1-19-15(13-7-4-11(17)8-14(13)18)9-20-12-5-2-10(16)3-6-12/h2-8,15,19H,9H2,1H3. The molecule has 5 heteroatoms. The van der Waals surface area contributed by atoms with E-state index >= 15 is 0 Å². The third-order valence-corrected chi connectivity index (χ3v) is 3.17. The first-order chi connectivity index (χ1) is 9.60. The van der Waals surface area contributed by atoms with Crippen LogP contribution in [0.2, 0.25) is 5.02 Å². The fourth-order valence-electron chi connectivity index (χ4n) is 1.82. The van der Waals surface area contributed by atoms with Crippen molar-refractivity contribution in [3.8, 4) is 5.75 Å². The number of halogens is 3. The summed E-state index contributed by atoms with van der Waals surface area (Å²) in [7, 11) is 1.69. The Morgan fingerprint density at radius 3 is 2.45 bits per heavy atom. The first kappa shape index (κ1) is 14.8. The van der Waals surface area contributed by atoms with E-state index in [9.17, 15) is 8.78 Å². The third kappa shape index (κ3) is 3.68. The van der Waals surface area contributed by atoms with Crippen molar-refractivity contribution in [3.63, 3.8) is 0 Å². The summed E-state index contributed by atoms with van der Waals surface area (Å²) in [5, 5.41) is 3.56. The molecule has 2 aromatic rings. The minimum Gasteiger partial charge on any atom is -0.492 e. The Hall–Kier alpha value is -1.65. The van der Waals surface area contributed by atoms with Crippen LogP contribution in [0, 0.1) is 11.6 Å². The second-order valence-electron chi connectivity index (χ2n) is 4.27. The number of nitrogens with one attached hydrogen (secondary N) is 1. The topological polar surface area (TPSA) is 21.3 Å². The predicted octanol–water partition coefficient (Wildman–Crippen LogP) is 3.96. The predicted molar refractivity (Wildman–Crippen MR) is 75.1 cm³/mol. The van der Waals surface area contributed by atoms with Crippen LogP contribution in [0.5, 0.6) is 5.75 Å². The fourth-order valence-corrected chi connectivity index (χ4v) is 1.95. The molecule has 2 nitrogen and oxygen atoms in total. The van der Waals surface area contributed by atoms with Gasteiger partial charge in [-0.1, -0.05) is 17.7 Å². The zero-order valence-corrected chi connectivity index (χ0v) is 11.6. The normalized spacial score (nSPS) is 12.2. The summed E-state index contributed by atoms with van der Waals surface area (Å²) in [4.78, 5) is 0. The summed E-state index contributed by atoms with van der Waals surface area (Å²) in [6.07, 6.45) is 0. The van der Waals surface area contributed by atoms with Crippen molar-refractivity contribution in [1.82, 2.24) is 5.32 Å². The van der Waals surface area contributed by atoms with Crippen molar-refractivity contribution in [2.45, 2.75) is 6.04 Å². The Balaban J connectivity index is 2.07. The average Bonchev–Trinajstić information content (AvgIpc) is 2.43. The molecule has 0 saturated heterocycles. The highest BCUT2D eigenvalue weighted by molar-refractivity contribution is 6.30. The van der Waals surface area contributed by atoms with Crippen LogP contribution in [-0.4, -0.2) is 13.7 Å². The molecule has 0 heterocycles. The second kappa shape index (κ2) is 6.68. The first-order valence-electron chi connectivity index (χ1n) is 6.10. The molecular weight excluding hydrogens is 284 g/mol. The lowest BCUT2D eigenvalue weighted by atomic mass is 10.1. The van der Waals surface area contributed by atoms with Crippen LogP contribution in [0.1, 0.15) is 11.6 Å². The van der Waals surface area contributed by atoms with Crippen LogP contribution in [0.4, 0.5) is 8.78 Å². The van der Waals surface area contributed by atoms with Crippen molar-refractivity contribution in [2.75, 3.05) is 13.7 Å². The minimum atomic E-state index is -0.597. The van der Waals surface area contributed by atoms with Crippen molar-refractivity contribution >= 4 is 11.6 Å². The highest BCUT2D eigenvalue weighted by atomic mass is 35.5. The van der Waals surface area contributed by atoms with E-state index in [0.29, 0.717) is 16.3 Å². The number of likely N-dealkylation sites (N-methyl/N-ethyl adjacent to an activating group) is 1. The van der Waals surface area contributed by atoms with Gasteiger partial charge >= 0.3 is 0 Å². The van der Waals surface area contributed by atoms with E-state index in [1.165, 1.54) is 12.1 Å². The van der Waals surface area contributed by atoms with Gasteiger partial charge in [-0.2, -0.15) is 0 Å². The second-order valence-corrected chi connectivity index (χ2v) is 4.71. The maximum atomic E-state index is 13.7. The van der Waals surface area contributed by atoms with Crippen LogP contribution in [0.25, 0.3) is 0 Å². The van der Waals surface area contributed by atoms with Gasteiger partial charge in [0.25, 0.3) is 0 Å². The molecule has 0 spiro atoms. The lowest BCUT2D eigenvalue weighted by Gasteiger charge is -2.18. The van der Waals surface area contributed by atoms with E-state index in [2.05, 4.69) is 5.32 Å². The Labute approximate surface area is 121 Å². The zero-order valence-electron chi connectivity index (χ0n) is 10.9. The summed E-state index contributed by atoms with van der Waals surface area (Å²) in [6.45, 7) is 0.223. The highest BCUT2D eigenvalue weighted by Crippen LogP contribution is 2.21. The van der Waals surface area contributed by atoms with E-state index in [1.807, 2.05) is 0 Å². The fraction of sp³-hybridized carbons (Fsp3) is 0.200. The smallest absolute Gasteiger partial charge is 0.131 e. The molecule has 1 atom stereocenters. The van der Waals surface area contributed by atoms with Crippen LogP contribution in [-0.2, 0) is 0 Å². The molecule has 0 aliphatic rings. The van der Waals surface area contributed by atoms with Gasteiger partial charge in [-0.05, 0) is 37.4 Å². The molecule has 0 aliphatic carbocycles. The molecule has 1 unspecified atom stereocenters. The molecule has 0 saturated carbocycles. The summed E-state index contributed by atoms with van der Waals surface area (Å²) < 4.78 is 32.2. The molecule has 0 amide bonds. The molecule has 1 N–H and O–H groups in total. The molecule has 0 bridgehead atoms. The molecule has 0 radical (unpaired) electrons. The van der Waals surface area contributed by atoms with Gasteiger partial charge in [0.15, 0.2) is 0 Å². The molecular formula is C15H14ClF2NO. The Bertz CT molecular complexity index is 575. The Morgan fingerprint density at radius 1 is 1.15 bits per heavy atom. The van der Waals surface area contributed by atoms with Gasteiger partial charge in [-0.3, -0.25) is 0 Å². The summed E-state index contributed by atoms with van der Waals surface area (Å²) >= 11 is 5.78. The summed E-state index contributed by atoms with van der Waals surface area (Å²) in [5.41, 5.74) is 0.364. The minimum absolute atomic E-state index is 0.223. The molecule has 2 rings (SSSR count). The van der Waals surface area contributed by atoms with E-state index in [1.54, 1.807) is 31.3 Å². The molecule has 2 aromatic carbocycles. The monoisotopic (exact) mass is 297 g/mol. The maximum Gasteiger partial charge on any atom is 0.131 e. The number of ether oxygens (including phenoxy) is 1. The lowest BCUT2D eigenvalue weighted by molar-refractivity contribution is 0.269. The van der Waals surface area contributed by atoms with Gasteiger partial charge in [-0.15, -0.1) is 0 Å². The lowest BCUT2D eigenvalue weighted by Crippen LogP contribution is -2.24. The van der Waals surface area contributed by atoms with Gasteiger partial charge in [0, 0.05) is 16.7 Å². The van der Waals surface area contributed by atoms with E-state index in [0.717, 1.165) is 6.07 Å². The van der Waals surface area contributed by atoms with Gasteiger partial charge in [0.1, 0.15) is 24.0 Å². The summed E-state index contributed by atoms with van der Waals surface area (Å²) in [5.74, 6) is -0.555. The largest absolute Gasteiger partial charge is 0.492 e. The van der Waals surface area contributed by atoms with E-state index in [4.69, 9.17) is 16.3 Å². The first-order valence-corrected chi connectivity index (χ1v) is 6.48. The average molecular weight is 298 g/mol. The van der Waals surface area contributed by atoms with Crippen molar-refractivity contribution < 1.29 is 13.5 Å². The quantitative estimate of drug-likeness (QED) is 0.902. The number of rotatable bonds is 5. The van der Waals surface area contributed by atoms with Crippen molar-refractivity contribution in [3.05, 3.63) is 64.7 Å². The van der Waals surface area contributed by atoms with Gasteiger partial charge in [0.2, 0.25) is 0 Å². The van der Waals surface area contributed by atoms with Crippen LogP contribution < -0.4 is 10.1 Å². The van der Waals surface area contributed by atoms with Gasteiger partial charge in [-0.25, -0.2) is 8.78 Å². The molecule has 20 heavy (non-hydrogen) atoms. The van der Waals surface area contributed by atoms with Crippen molar-refractivity contribution in [2.24, 2.45) is 0 Å². The zero-order chi connectivity index (χ0) is 14.5. The number of hydrogen-bond acceptors (Lipinski definition) is 2. The van der Waals surface area contributed by atoms with Crippen LogP contribution >= 0.6 is 11.6 Å². The maximum absolute atomic E-state index is 13.7. The molecule has 0 aromatic heterocycles. The number of benzene rings is 2. The van der Waals surface area contributed by atoms with Crippen LogP contribution in [0.15, 0.2) is 42.5 Å². The highest BCUT2D eigenvalue weighted by Gasteiger charge is 2.15. The van der Waals surface area contributed by atoms with Crippen LogP contribution in [0.3, 0.4) is 0 Å². The van der Waals surface area contributed by atoms with Crippen molar-refractivity contribution in [1.29, 1.82) is 0 Å². The van der Waals surface area contributed by atoms with Gasteiger partial charge in [0.05, 0.1) is 6.04 Å². The Morgan fingerprint density at radius 2 is 1.85 bits per heavy atom. The van der Waals surface area contributed by atoms with Gasteiger partial charge < -0.3 is 10.1 Å². The summed E-state index contributed by atoms with van der Waals surface area (Å²) in [6, 6.07) is 10.0. The van der Waals surface area contributed by atoms with E-state index < -0.39 is 11.6 Å². The SMILES string of the molecule is CNC(COc1ccc(Cl)cc1)c1ccc(F)cc1F.